The molecule has 2 unspecified atom stereocenters. The van der Waals surface area contributed by atoms with E-state index in [9.17, 15) is 13.2 Å². The molecule has 2 aliphatic rings. The fourth-order valence-corrected chi connectivity index (χ4v) is 4.04. The first-order chi connectivity index (χ1) is 8.98. The molecule has 0 aromatic heterocycles. The Labute approximate surface area is 113 Å². The molecule has 0 radical (unpaired) electrons. The van der Waals surface area contributed by atoms with Gasteiger partial charge in [-0.25, -0.2) is 8.42 Å². The van der Waals surface area contributed by atoms with Gasteiger partial charge in [0, 0.05) is 6.42 Å². The smallest absolute Gasteiger partial charge is 0.308 e. The summed E-state index contributed by atoms with van der Waals surface area (Å²) in [5.41, 5.74) is 0. The van der Waals surface area contributed by atoms with Gasteiger partial charge in [0.2, 0.25) is 0 Å². The van der Waals surface area contributed by atoms with Crippen LogP contribution in [0, 0.1) is 5.92 Å². The second-order valence-corrected chi connectivity index (χ2v) is 7.44. The van der Waals surface area contributed by atoms with Crippen molar-refractivity contribution in [3.05, 3.63) is 0 Å². The maximum atomic E-state index is 11.3. The molecule has 0 bridgehead atoms. The summed E-state index contributed by atoms with van der Waals surface area (Å²) in [7, 11) is -1.48. The summed E-state index contributed by atoms with van der Waals surface area (Å²) in [5, 5.41) is 0. The fraction of sp³-hybridized carbons (Fsp3) is 0.917. The Kier molecular flexibility index (Phi) is 4.81. The number of ether oxygens (including phenoxy) is 3. The zero-order valence-electron chi connectivity index (χ0n) is 11.0. The van der Waals surface area contributed by atoms with Gasteiger partial charge in [-0.05, 0) is 18.8 Å². The molecule has 0 aromatic rings. The summed E-state index contributed by atoms with van der Waals surface area (Å²) in [6.07, 6.45) is 1.69. The summed E-state index contributed by atoms with van der Waals surface area (Å²) in [4.78, 5) is 11.1. The highest BCUT2D eigenvalue weighted by molar-refractivity contribution is 7.91. The number of esters is 1. The Balaban J connectivity index is 1.72. The van der Waals surface area contributed by atoms with Crippen molar-refractivity contribution in [2.75, 3.05) is 25.2 Å². The predicted octanol–water partition coefficient (Wildman–Crippen LogP) is 0.506. The molecule has 2 rings (SSSR count). The Hall–Kier alpha value is -0.660. The highest BCUT2D eigenvalue weighted by Crippen LogP contribution is 2.27. The second-order valence-electron chi connectivity index (χ2n) is 5.13. The van der Waals surface area contributed by atoms with Crippen LogP contribution in [0.2, 0.25) is 0 Å². The van der Waals surface area contributed by atoms with E-state index in [1.54, 1.807) is 0 Å². The van der Waals surface area contributed by atoms with Crippen LogP contribution in [-0.4, -0.2) is 52.0 Å². The normalized spacial score (nSPS) is 31.2. The average molecular weight is 292 g/mol. The maximum Gasteiger partial charge on any atom is 0.308 e. The molecule has 0 saturated carbocycles. The van der Waals surface area contributed by atoms with Crippen LogP contribution in [0.3, 0.4) is 0 Å². The Morgan fingerprint density at radius 1 is 1.32 bits per heavy atom. The van der Waals surface area contributed by atoms with Gasteiger partial charge in [-0.3, -0.25) is 4.79 Å². The Morgan fingerprint density at radius 3 is 2.63 bits per heavy atom. The first-order valence-corrected chi connectivity index (χ1v) is 8.35. The van der Waals surface area contributed by atoms with E-state index in [0.29, 0.717) is 31.8 Å². The SMILES string of the molecule is COC(=O)CC1COC(CC2CCS(=O)(=O)CC2)O1. The van der Waals surface area contributed by atoms with Crippen LogP contribution < -0.4 is 0 Å². The van der Waals surface area contributed by atoms with Crippen molar-refractivity contribution in [1.29, 1.82) is 0 Å². The Morgan fingerprint density at radius 2 is 2.00 bits per heavy atom. The average Bonchev–Trinajstić information content (AvgIpc) is 2.79. The molecule has 2 heterocycles. The summed E-state index contributed by atoms with van der Waals surface area (Å²) in [6.45, 7) is 0.394. The molecular formula is C12H20O6S. The zero-order valence-corrected chi connectivity index (χ0v) is 11.9. The van der Waals surface area contributed by atoms with Crippen LogP contribution in [0.5, 0.6) is 0 Å². The van der Waals surface area contributed by atoms with Gasteiger partial charge in [0.15, 0.2) is 6.29 Å². The lowest BCUT2D eigenvalue weighted by Crippen LogP contribution is -2.26. The molecular weight excluding hydrogens is 272 g/mol. The van der Waals surface area contributed by atoms with Crippen LogP contribution in [-0.2, 0) is 28.8 Å². The third-order valence-corrected chi connectivity index (χ3v) is 5.35. The van der Waals surface area contributed by atoms with Gasteiger partial charge in [0.1, 0.15) is 9.84 Å². The van der Waals surface area contributed by atoms with Crippen molar-refractivity contribution in [3.63, 3.8) is 0 Å². The van der Waals surface area contributed by atoms with Crippen LogP contribution in [0.4, 0.5) is 0 Å². The van der Waals surface area contributed by atoms with Gasteiger partial charge >= 0.3 is 5.97 Å². The van der Waals surface area contributed by atoms with E-state index in [1.165, 1.54) is 7.11 Å². The molecule has 0 N–H and O–H groups in total. The molecule has 110 valence electrons. The van der Waals surface area contributed by atoms with Crippen LogP contribution in [0.25, 0.3) is 0 Å². The van der Waals surface area contributed by atoms with E-state index >= 15 is 0 Å². The summed E-state index contributed by atoms with van der Waals surface area (Å²) in [6, 6.07) is 0. The number of hydrogen-bond donors (Lipinski definition) is 0. The van der Waals surface area contributed by atoms with Crippen molar-refractivity contribution in [3.8, 4) is 0 Å². The summed E-state index contributed by atoms with van der Waals surface area (Å²) >= 11 is 0. The minimum atomic E-state index is -2.82. The lowest BCUT2D eigenvalue weighted by atomic mass is 9.99. The first-order valence-electron chi connectivity index (χ1n) is 6.53. The standard InChI is InChI=1S/C12H20O6S/c1-16-11(13)7-10-8-17-12(18-10)6-9-2-4-19(14,15)5-3-9/h9-10,12H,2-8H2,1H3. The highest BCUT2D eigenvalue weighted by Gasteiger charge is 2.32. The minimum Gasteiger partial charge on any atom is -0.469 e. The zero-order chi connectivity index (χ0) is 13.9. The molecule has 2 fully saturated rings. The van der Waals surface area contributed by atoms with Crippen molar-refractivity contribution in [2.45, 2.75) is 38.1 Å². The van der Waals surface area contributed by atoms with E-state index in [2.05, 4.69) is 4.74 Å². The third kappa shape index (κ3) is 4.43. The van der Waals surface area contributed by atoms with Gasteiger partial charge in [0.05, 0.1) is 37.7 Å². The van der Waals surface area contributed by atoms with Gasteiger partial charge in [-0.1, -0.05) is 0 Å². The van der Waals surface area contributed by atoms with Gasteiger partial charge in [0.25, 0.3) is 0 Å². The topological polar surface area (TPSA) is 78.9 Å². The van der Waals surface area contributed by atoms with E-state index in [0.717, 1.165) is 0 Å². The minimum absolute atomic E-state index is 0.200. The molecule has 19 heavy (non-hydrogen) atoms. The highest BCUT2D eigenvalue weighted by atomic mass is 32.2. The lowest BCUT2D eigenvalue weighted by molar-refractivity contribution is -0.144. The molecule has 2 saturated heterocycles. The second kappa shape index (κ2) is 6.19. The van der Waals surface area contributed by atoms with Crippen molar-refractivity contribution in [2.24, 2.45) is 5.92 Å². The number of sulfone groups is 1. The van der Waals surface area contributed by atoms with Crippen molar-refractivity contribution >= 4 is 15.8 Å². The van der Waals surface area contributed by atoms with Crippen LogP contribution in [0.15, 0.2) is 0 Å². The quantitative estimate of drug-likeness (QED) is 0.702. The monoisotopic (exact) mass is 292 g/mol. The van der Waals surface area contributed by atoms with Crippen LogP contribution >= 0.6 is 0 Å². The van der Waals surface area contributed by atoms with Crippen molar-refractivity contribution in [1.82, 2.24) is 0 Å². The molecule has 7 heteroatoms. The summed E-state index contributed by atoms with van der Waals surface area (Å²) < 4.78 is 38.3. The number of rotatable bonds is 4. The predicted molar refractivity (Wildman–Crippen MR) is 67.2 cm³/mol. The van der Waals surface area contributed by atoms with Gasteiger partial charge in [-0.15, -0.1) is 0 Å². The van der Waals surface area contributed by atoms with Crippen LogP contribution in [0.1, 0.15) is 25.7 Å². The Bertz CT molecular complexity index is 404. The number of carbonyl (C=O) groups is 1. The third-order valence-electron chi connectivity index (χ3n) is 3.63. The fourth-order valence-electron chi connectivity index (χ4n) is 2.45. The van der Waals surface area contributed by atoms with Gasteiger partial charge in [-0.2, -0.15) is 0 Å². The molecule has 0 amide bonds. The van der Waals surface area contributed by atoms with E-state index in [-0.39, 0.29) is 36.3 Å². The molecule has 2 atom stereocenters. The first kappa shape index (κ1) is 14.7. The molecule has 6 nitrogen and oxygen atoms in total. The molecule has 0 aliphatic carbocycles. The molecule has 2 aliphatic heterocycles. The molecule has 0 spiro atoms. The van der Waals surface area contributed by atoms with E-state index < -0.39 is 9.84 Å². The van der Waals surface area contributed by atoms with Gasteiger partial charge < -0.3 is 14.2 Å². The van der Waals surface area contributed by atoms with E-state index in [1.807, 2.05) is 0 Å². The number of carbonyl (C=O) groups excluding carboxylic acids is 1. The van der Waals surface area contributed by atoms with Crippen molar-refractivity contribution < 1.29 is 27.4 Å². The van der Waals surface area contributed by atoms with E-state index in [4.69, 9.17) is 9.47 Å². The largest absolute Gasteiger partial charge is 0.469 e. The number of methoxy groups -OCH3 is 1. The maximum absolute atomic E-state index is 11.3. The molecule has 0 aromatic carbocycles. The number of hydrogen-bond acceptors (Lipinski definition) is 6. The summed E-state index contributed by atoms with van der Waals surface area (Å²) in [5.74, 6) is 0.537. The lowest BCUT2D eigenvalue weighted by Gasteiger charge is -2.23.